The van der Waals surface area contributed by atoms with Crippen LogP contribution in [-0.2, 0) is 11.8 Å². The van der Waals surface area contributed by atoms with Crippen LogP contribution in [0.2, 0.25) is 0 Å². The molecular formula is C11H17NO2. The molecule has 78 valence electrons. The summed E-state index contributed by atoms with van der Waals surface area (Å²) in [6.07, 6.45) is 1.88. The molecule has 0 spiro atoms. The SMILES string of the molecule is CC1(C)Cc2o[nH]c(=O)c2C(C)(C)C1. The Morgan fingerprint density at radius 1 is 1.29 bits per heavy atom. The van der Waals surface area contributed by atoms with Gasteiger partial charge in [-0.1, -0.05) is 27.7 Å². The molecule has 0 unspecified atom stereocenters. The van der Waals surface area contributed by atoms with Gasteiger partial charge in [0.2, 0.25) is 0 Å². The lowest BCUT2D eigenvalue weighted by atomic mass is 9.65. The Morgan fingerprint density at radius 2 is 1.93 bits per heavy atom. The van der Waals surface area contributed by atoms with Gasteiger partial charge in [-0.25, -0.2) is 0 Å². The van der Waals surface area contributed by atoms with Crippen molar-refractivity contribution in [3.05, 3.63) is 21.7 Å². The summed E-state index contributed by atoms with van der Waals surface area (Å²) in [5.41, 5.74) is 0.934. The maximum atomic E-state index is 11.5. The number of nitrogens with one attached hydrogen (secondary N) is 1. The van der Waals surface area contributed by atoms with Crippen LogP contribution < -0.4 is 5.56 Å². The van der Waals surface area contributed by atoms with Crippen molar-refractivity contribution in [2.45, 2.75) is 46.0 Å². The minimum Gasteiger partial charge on any atom is -0.383 e. The third-order valence-electron chi connectivity index (χ3n) is 3.01. The van der Waals surface area contributed by atoms with Gasteiger partial charge >= 0.3 is 0 Å². The highest BCUT2D eigenvalue weighted by molar-refractivity contribution is 5.28. The second-order valence-corrected chi connectivity index (χ2v) is 5.73. The van der Waals surface area contributed by atoms with Crippen molar-refractivity contribution >= 4 is 0 Å². The third-order valence-corrected chi connectivity index (χ3v) is 3.01. The Bertz CT molecular complexity index is 409. The maximum absolute atomic E-state index is 11.5. The van der Waals surface area contributed by atoms with Crippen LogP contribution in [0.5, 0.6) is 0 Å². The number of hydrogen-bond acceptors (Lipinski definition) is 2. The van der Waals surface area contributed by atoms with Crippen LogP contribution in [0, 0.1) is 5.41 Å². The molecule has 1 aromatic rings. The van der Waals surface area contributed by atoms with Gasteiger partial charge in [0.05, 0.1) is 5.56 Å². The first-order chi connectivity index (χ1) is 6.32. The summed E-state index contributed by atoms with van der Waals surface area (Å²) in [5, 5.41) is 2.44. The van der Waals surface area contributed by atoms with Gasteiger partial charge in [-0.15, -0.1) is 0 Å². The molecule has 0 amide bonds. The molecule has 1 aliphatic carbocycles. The second-order valence-electron chi connectivity index (χ2n) is 5.73. The van der Waals surface area contributed by atoms with Crippen LogP contribution in [0.3, 0.4) is 0 Å². The smallest absolute Gasteiger partial charge is 0.283 e. The zero-order valence-corrected chi connectivity index (χ0v) is 9.23. The first kappa shape index (κ1) is 9.56. The number of H-pyrrole nitrogens is 1. The van der Waals surface area contributed by atoms with Gasteiger partial charge in [-0.2, -0.15) is 5.16 Å². The van der Waals surface area contributed by atoms with E-state index in [-0.39, 0.29) is 16.4 Å². The molecule has 0 fully saturated rings. The highest BCUT2D eigenvalue weighted by Gasteiger charge is 2.41. The van der Waals surface area contributed by atoms with Gasteiger partial charge in [0.1, 0.15) is 5.76 Å². The fraction of sp³-hybridized carbons (Fsp3) is 0.727. The van der Waals surface area contributed by atoms with E-state index in [0.717, 1.165) is 24.2 Å². The fourth-order valence-electron chi connectivity index (χ4n) is 2.93. The first-order valence-electron chi connectivity index (χ1n) is 5.03. The van der Waals surface area contributed by atoms with Crippen LogP contribution in [0.1, 0.15) is 45.4 Å². The molecule has 14 heavy (non-hydrogen) atoms. The van der Waals surface area contributed by atoms with Crippen molar-refractivity contribution < 1.29 is 4.52 Å². The van der Waals surface area contributed by atoms with Crippen LogP contribution in [0.4, 0.5) is 0 Å². The number of rotatable bonds is 0. The average molecular weight is 195 g/mol. The molecule has 1 heterocycles. The monoisotopic (exact) mass is 195 g/mol. The first-order valence-corrected chi connectivity index (χ1v) is 5.03. The quantitative estimate of drug-likeness (QED) is 0.690. The van der Waals surface area contributed by atoms with E-state index in [2.05, 4.69) is 32.9 Å². The Hall–Kier alpha value is -0.990. The normalized spacial score (nSPS) is 23.1. The van der Waals surface area contributed by atoms with Crippen molar-refractivity contribution in [2.75, 3.05) is 0 Å². The lowest BCUT2D eigenvalue weighted by Gasteiger charge is -2.38. The molecule has 1 N–H and O–H groups in total. The molecule has 1 aromatic heterocycles. The molecule has 0 bridgehead atoms. The number of fused-ring (bicyclic) bond motifs is 1. The summed E-state index contributed by atoms with van der Waals surface area (Å²) >= 11 is 0. The Balaban J connectivity index is 2.60. The van der Waals surface area contributed by atoms with E-state index in [1.165, 1.54) is 0 Å². The third kappa shape index (κ3) is 1.31. The topological polar surface area (TPSA) is 46.0 Å². The molecule has 0 atom stereocenters. The predicted molar refractivity (Wildman–Crippen MR) is 54.5 cm³/mol. The zero-order valence-electron chi connectivity index (χ0n) is 9.23. The molecule has 3 nitrogen and oxygen atoms in total. The van der Waals surface area contributed by atoms with Gasteiger partial charge in [0.25, 0.3) is 5.56 Å². The lowest BCUT2D eigenvalue weighted by molar-refractivity contribution is 0.203. The molecular weight excluding hydrogens is 178 g/mol. The summed E-state index contributed by atoms with van der Waals surface area (Å²) in [6, 6.07) is 0. The molecule has 0 aromatic carbocycles. The highest BCUT2D eigenvalue weighted by Crippen LogP contribution is 2.43. The van der Waals surface area contributed by atoms with Crippen molar-refractivity contribution in [3.8, 4) is 0 Å². The molecule has 2 rings (SSSR count). The summed E-state index contributed by atoms with van der Waals surface area (Å²) in [7, 11) is 0. The van der Waals surface area contributed by atoms with Gasteiger partial charge in [0, 0.05) is 6.42 Å². The van der Waals surface area contributed by atoms with E-state index in [1.807, 2.05) is 0 Å². The minimum atomic E-state index is -0.0718. The van der Waals surface area contributed by atoms with E-state index in [9.17, 15) is 4.79 Å². The highest BCUT2D eigenvalue weighted by atomic mass is 16.5. The van der Waals surface area contributed by atoms with Crippen molar-refractivity contribution in [2.24, 2.45) is 5.41 Å². The van der Waals surface area contributed by atoms with Crippen LogP contribution in [0.15, 0.2) is 9.32 Å². The number of aromatic amines is 1. The van der Waals surface area contributed by atoms with Crippen LogP contribution >= 0.6 is 0 Å². The predicted octanol–water partition coefficient (Wildman–Crippen LogP) is 2.22. The maximum Gasteiger partial charge on any atom is 0.283 e. The van der Waals surface area contributed by atoms with E-state index >= 15 is 0 Å². The van der Waals surface area contributed by atoms with Gasteiger partial charge in [0.15, 0.2) is 0 Å². The Labute approximate surface area is 83.5 Å². The van der Waals surface area contributed by atoms with Gasteiger partial charge in [-0.05, 0) is 17.3 Å². The lowest BCUT2D eigenvalue weighted by Crippen LogP contribution is -2.37. The second kappa shape index (κ2) is 2.53. The van der Waals surface area contributed by atoms with E-state index in [4.69, 9.17) is 4.52 Å². The summed E-state index contributed by atoms with van der Waals surface area (Å²) in [4.78, 5) is 11.5. The van der Waals surface area contributed by atoms with E-state index in [0.29, 0.717) is 0 Å². The molecule has 1 aliphatic rings. The van der Waals surface area contributed by atoms with Crippen LogP contribution in [-0.4, -0.2) is 5.16 Å². The van der Waals surface area contributed by atoms with Crippen molar-refractivity contribution in [1.82, 2.24) is 5.16 Å². The van der Waals surface area contributed by atoms with Crippen molar-refractivity contribution in [3.63, 3.8) is 0 Å². The Kier molecular flexibility index (Phi) is 1.72. The Morgan fingerprint density at radius 3 is 2.57 bits per heavy atom. The summed E-state index contributed by atoms with van der Waals surface area (Å²) < 4.78 is 5.22. The number of aromatic nitrogens is 1. The average Bonchev–Trinajstić information content (AvgIpc) is 2.26. The molecule has 0 saturated heterocycles. The summed E-state index contributed by atoms with van der Waals surface area (Å²) in [5.74, 6) is 0.844. The van der Waals surface area contributed by atoms with E-state index < -0.39 is 0 Å². The minimum absolute atomic E-state index is 0.0551. The number of hydrogen-bond donors (Lipinski definition) is 1. The molecule has 0 aliphatic heterocycles. The summed E-state index contributed by atoms with van der Waals surface area (Å²) in [6.45, 7) is 8.64. The fourth-order valence-corrected chi connectivity index (χ4v) is 2.93. The van der Waals surface area contributed by atoms with E-state index in [1.54, 1.807) is 0 Å². The molecule has 0 saturated carbocycles. The van der Waals surface area contributed by atoms with Crippen LogP contribution in [0.25, 0.3) is 0 Å². The van der Waals surface area contributed by atoms with Crippen molar-refractivity contribution in [1.29, 1.82) is 0 Å². The molecule has 3 heteroatoms. The van der Waals surface area contributed by atoms with Gasteiger partial charge < -0.3 is 4.52 Å². The standard InChI is InChI=1S/C11H17NO2/c1-10(2)5-7-8(9(13)12-14-7)11(3,4)6-10/h5-6H2,1-4H3,(H,12,13). The largest absolute Gasteiger partial charge is 0.383 e. The van der Waals surface area contributed by atoms with Gasteiger partial charge in [-0.3, -0.25) is 4.79 Å². The molecule has 0 radical (unpaired) electrons. The zero-order chi connectivity index (χ0) is 10.6.